The molecule has 1 fully saturated rings. The minimum absolute atomic E-state index is 0.995. The molecule has 0 aromatic rings. The summed E-state index contributed by atoms with van der Waals surface area (Å²) < 4.78 is 0. The second-order valence-electron chi connectivity index (χ2n) is 4.99. The molecular weight excluding hydrogens is 156 g/mol. The monoisotopic (exact) mass is 182 g/mol. The van der Waals surface area contributed by atoms with Gasteiger partial charge in [0, 0.05) is 0 Å². The Hall–Kier alpha value is 0. The van der Waals surface area contributed by atoms with Crippen molar-refractivity contribution < 1.29 is 0 Å². The Morgan fingerprint density at radius 3 is 2.38 bits per heavy atom. The third kappa shape index (κ3) is 4.69. The summed E-state index contributed by atoms with van der Waals surface area (Å²) in [5.41, 5.74) is 0. The van der Waals surface area contributed by atoms with Crippen molar-refractivity contribution in [3.05, 3.63) is 0 Å². The van der Waals surface area contributed by atoms with Gasteiger partial charge in [-0.1, -0.05) is 65.2 Å². The average Bonchev–Trinajstić information content (AvgIpc) is 2.18. The van der Waals surface area contributed by atoms with Crippen LogP contribution >= 0.6 is 0 Å². The van der Waals surface area contributed by atoms with Crippen LogP contribution in [0.2, 0.25) is 0 Å². The normalized spacial score (nSPS) is 31.8. The molecule has 1 aliphatic carbocycles. The van der Waals surface area contributed by atoms with Crippen LogP contribution in [-0.4, -0.2) is 0 Å². The molecule has 1 saturated carbocycles. The molecule has 0 N–H and O–H groups in total. The molecular formula is C13H26. The van der Waals surface area contributed by atoms with Crippen molar-refractivity contribution in [2.24, 2.45) is 11.8 Å². The fourth-order valence-corrected chi connectivity index (χ4v) is 2.75. The van der Waals surface area contributed by atoms with Crippen LogP contribution < -0.4 is 0 Å². The van der Waals surface area contributed by atoms with Crippen molar-refractivity contribution in [1.82, 2.24) is 0 Å². The largest absolute Gasteiger partial charge is 0.0654 e. The van der Waals surface area contributed by atoms with Crippen molar-refractivity contribution in [3.8, 4) is 0 Å². The average molecular weight is 182 g/mol. The topological polar surface area (TPSA) is 0 Å². The number of hydrogen-bond acceptors (Lipinski definition) is 0. The molecule has 78 valence electrons. The van der Waals surface area contributed by atoms with Gasteiger partial charge in [-0.25, -0.2) is 0 Å². The van der Waals surface area contributed by atoms with Crippen molar-refractivity contribution in [3.63, 3.8) is 0 Å². The van der Waals surface area contributed by atoms with Crippen LogP contribution in [-0.2, 0) is 0 Å². The molecule has 0 amide bonds. The predicted octanol–water partition coefficient (Wildman–Crippen LogP) is 4.78. The Labute approximate surface area is 84.1 Å². The molecule has 0 nitrogen and oxygen atoms in total. The summed E-state index contributed by atoms with van der Waals surface area (Å²) in [5.74, 6) is 2.05. The SMILES string of the molecule is CCCC1CCCCCCC(C)C1. The molecule has 0 bridgehead atoms. The molecule has 0 aromatic carbocycles. The fraction of sp³-hybridized carbons (Fsp3) is 1.00. The molecule has 0 spiro atoms. The van der Waals surface area contributed by atoms with E-state index in [9.17, 15) is 0 Å². The fourth-order valence-electron chi connectivity index (χ4n) is 2.75. The zero-order chi connectivity index (χ0) is 9.52. The van der Waals surface area contributed by atoms with Gasteiger partial charge in [-0.3, -0.25) is 0 Å². The van der Waals surface area contributed by atoms with Crippen LogP contribution in [0, 0.1) is 11.8 Å². The van der Waals surface area contributed by atoms with E-state index in [1.807, 2.05) is 0 Å². The van der Waals surface area contributed by atoms with Crippen LogP contribution in [0.4, 0.5) is 0 Å². The summed E-state index contributed by atoms with van der Waals surface area (Å²) in [5, 5.41) is 0. The molecule has 0 saturated heterocycles. The first-order chi connectivity index (χ1) is 6.33. The third-order valence-corrected chi connectivity index (χ3v) is 3.49. The van der Waals surface area contributed by atoms with E-state index < -0.39 is 0 Å². The molecule has 0 heteroatoms. The first kappa shape index (κ1) is 11.1. The van der Waals surface area contributed by atoms with Crippen LogP contribution in [0.15, 0.2) is 0 Å². The van der Waals surface area contributed by atoms with Gasteiger partial charge in [-0.2, -0.15) is 0 Å². The van der Waals surface area contributed by atoms with Crippen molar-refractivity contribution in [2.45, 2.75) is 71.6 Å². The van der Waals surface area contributed by atoms with Gasteiger partial charge in [-0.05, 0) is 18.3 Å². The molecule has 0 aromatic heterocycles. The van der Waals surface area contributed by atoms with E-state index in [0.29, 0.717) is 0 Å². The second kappa shape index (κ2) is 6.45. The van der Waals surface area contributed by atoms with Gasteiger partial charge in [0.2, 0.25) is 0 Å². The maximum atomic E-state index is 2.45. The highest BCUT2D eigenvalue weighted by molar-refractivity contribution is 4.66. The van der Waals surface area contributed by atoms with E-state index in [0.717, 1.165) is 11.8 Å². The lowest BCUT2D eigenvalue weighted by molar-refractivity contribution is 0.339. The van der Waals surface area contributed by atoms with Crippen LogP contribution in [0.1, 0.15) is 71.6 Å². The minimum atomic E-state index is 0.995. The smallest absolute Gasteiger partial charge is 0.0412 e. The van der Waals surface area contributed by atoms with Gasteiger partial charge in [-0.15, -0.1) is 0 Å². The zero-order valence-corrected chi connectivity index (χ0v) is 9.52. The van der Waals surface area contributed by atoms with Crippen molar-refractivity contribution in [1.29, 1.82) is 0 Å². The second-order valence-corrected chi connectivity index (χ2v) is 4.99. The summed E-state index contributed by atoms with van der Waals surface area (Å²) in [4.78, 5) is 0. The van der Waals surface area contributed by atoms with E-state index >= 15 is 0 Å². The molecule has 0 aliphatic heterocycles. The van der Waals surface area contributed by atoms with Crippen molar-refractivity contribution in [2.75, 3.05) is 0 Å². The first-order valence-electron chi connectivity index (χ1n) is 6.33. The predicted molar refractivity (Wildman–Crippen MR) is 59.9 cm³/mol. The molecule has 1 rings (SSSR count). The molecule has 1 aliphatic rings. The summed E-state index contributed by atoms with van der Waals surface area (Å²) in [6.07, 6.45) is 13.3. The summed E-state index contributed by atoms with van der Waals surface area (Å²) >= 11 is 0. The minimum Gasteiger partial charge on any atom is -0.0654 e. The van der Waals surface area contributed by atoms with Crippen molar-refractivity contribution >= 4 is 0 Å². The van der Waals surface area contributed by atoms with Crippen LogP contribution in [0.5, 0.6) is 0 Å². The highest BCUT2D eigenvalue weighted by Crippen LogP contribution is 2.28. The maximum absolute atomic E-state index is 2.45. The highest BCUT2D eigenvalue weighted by Gasteiger charge is 2.13. The molecule has 13 heavy (non-hydrogen) atoms. The van der Waals surface area contributed by atoms with Crippen LogP contribution in [0.3, 0.4) is 0 Å². The van der Waals surface area contributed by atoms with Gasteiger partial charge >= 0.3 is 0 Å². The van der Waals surface area contributed by atoms with Gasteiger partial charge in [0.05, 0.1) is 0 Å². The lowest BCUT2D eigenvalue weighted by Crippen LogP contribution is -2.05. The number of rotatable bonds is 2. The molecule has 0 radical (unpaired) electrons. The number of hydrogen-bond donors (Lipinski definition) is 0. The van der Waals surface area contributed by atoms with Gasteiger partial charge in [0.15, 0.2) is 0 Å². The lowest BCUT2D eigenvalue weighted by Gasteiger charge is -2.18. The molecule has 2 atom stereocenters. The highest BCUT2D eigenvalue weighted by atomic mass is 14.2. The summed E-state index contributed by atoms with van der Waals surface area (Å²) in [6, 6.07) is 0. The Bertz CT molecular complexity index is 117. The molecule has 2 unspecified atom stereocenters. The van der Waals surface area contributed by atoms with Gasteiger partial charge in [0.1, 0.15) is 0 Å². The van der Waals surface area contributed by atoms with E-state index in [4.69, 9.17) is 0 Å². The van der Waals surface area contributed by atoms with Gasteiger partial charge in [0.25, 0.3) is 0 Å². The van der Waals surface area contributed by atoms with E-state index in [1.54, 1.807) is 0 Å². The zero-order valence-electron chi connectivity index (χ0n) is 9.52. The Morgan fingerprint density at radius 1 is 1.00 bits per heavy atom. The van der Waals surface area contributed by atoms with E-state index in [1.165, 1.54) is 57.8 Å². The third-order valence-electron chi connectivity index (χ3n) is 3.49. The summed E-state index contributed by atoms with van der Waals surface area (Å²) in [6.45, 7) is 4.78. The van der Waals surface area contributed by atoms with E-state index in [-0.39, 0.29) is 0 Å². The standard InChI is InChI=1S/C13H26/c1-3-8-13-10-7-5-4-6-9-12(2)11-13/h12-13H,3-11H2,1-2H3. The quantitative estimate of drug-likeness (QED) is 0.576. The maximum Gasteiger partial charge on any atom is -0.0412 e. The van der Waals surface area contributed by atoms with E-state index in [2.05, 4.69) is 13.8 Å². The Morgan fingerprint density at radius 2 is 1.69 bits per heavy atom. The first-order valence-corrected chi connectivity index (χ1v) is 6.33. The lowest BCUT2D eigenvalue weighted by atomic mass is 9.88. The Balaban J connectivity index is 2.32. The van der Waals surface area contributed by atoms with Gasteiger partial charge < -0.3 is 0 Å². The summed E-state index contributed by atoms with van der Waals surface area (Å²) in [7, 11) is 0. The Kier molecular flexibility index (Phi) is 5.50. The van der Waals surface area contributed by atoms with Crippen LogP contribution in [0.25, 0.3) is 0 Å². The molecule has 0 heterocycles.